The van der Waals surface area contributed by atoms with Crippen LogP contribution < -0.4 is 5.32 Å². The van der Waals surface area contributed by atoms with E-state index in [1.807, 2.05) is 37.3 Å². The van der Waals surface area contributed by atoms with Gasteiger partial charge in [0.1, 0.15) is 0 Å². The van der Waals surface area contributed by atoms with Gasteiger partial charge in [0.2, 0.25) is 0 Å². The molecular weight excluding hydrogens is 428 g/mol. The molecule has 4 nitrogen and oxygen atoms in total. The van der Waals surface area contributed by atoms with Gasteiger partial charge in [-0.2, -0.15) is 0 Å². The normalized spacial score (nSPS) is 22.7. The Morgan fingerprint density at radius 3 is 2.52 bits per heavy atom. The number of carbonyl (C=O) groups excluding carboxylic acids is 2. The van der Waals surface area contributed by atoms with Crippen LogP contribution >= 0.6 is 11.8 Å². The predicted octanol–water partition coefficient (Wildman–Crippen LogP) is 5.95. The third-order valence-corrected chi connectivity index (χ3v) is 8.15. The molecule has 4 rings (SSSR count). The van der Waals surface area contributed by atoms with Crippen LogP contribution in [0.2, 0.25) is 0 Å². The van der Waals surface area contributed by atoms with Crippen LogP contribution in [0.4, 0.5) is 0 Å². The number of nitrogens with one attached hydrogen (secondary N) is 1. The summed E-state index contributed by atoms with van der Waals surface area (Å²) in [5.41, 5.74) is 4.02. The lowest BCUT2D eigenvalue weighted by molar-refractivity contribution is -0.130. The molecule has 2 fully saturated rings. The topological polar surface area (TPSA) is 49.4 Å². The van der Waals surface area contributed by atoms with E-state index in [0.29, 0.717) is 23.4 Å². The van der Waals surface area contributed by atoms with E-state index in [2.05, 4.69) is 48.3 Å². The molecule has 1 saturated heterocycles. The van der Waals surface area contributed by atoms with E-state index < -0.39 is 0 Å². The number of benzene rings is 2. The molecule has 3 unspecified atom stereocenters. The van der Waals surface area contributed by atoms with Crippen molar-refractivity contribution < 1.29 is 9.59 Å². The Morgan fingerprint density at radius 2 is 1.82 bits per heavy atom. The summed E-state index contributed by atoms with van der Waals surface area (Å²) in [4.78, 5) is 28.8. The van der Waals surface area contributed by atoms with E-state index in [-0.39, 0.29) is 17.9 Å². The van der Waals surface area contributed by atoms with Gasteiger partial charge in [-0.05, 0) is 62.4 Å². The molecule has 33 heavy (non-hydrogen) atoms. The highest BCUT2D eigenvalue weighted by Gasteiger charge is 2.40. The van der Waals surface area contributed by atoms with Crippen LogP contribution in [0.1, 0.15) is 73.0 Å². The van der Waals surface area contributed by atoms with Crippen LogP contribution in [0, 0.1) is 6.92 Å². The Morgan fingerprint density at radius 1 is 1.12 bits per heavy atom. The van der Waals surface area contributed by atoms with Crippen LogP contribution in [0.15, 0.2) is 53.4 Å². The van der Waals surface area contributed by atoms with Gasteiger partial charge in [0.15, 0.2) is 0 Å². The lowest BCUT2D eigenvalue weighted by atomic mass is 9.92. The number of hydrogen-bond donors (Lipinski definition) is 1. The number of amides is 2. The quantitative estimate of drug-likeness (QED) is 0.540. The number of fused-ring (bicyclic) bond motifs is 1. The Kier molecular flexibility index (Phi) is 7.59. The highest BCUT2D eigenvalue weighted by molar-refractivity contribution is 8.04. The number of carbonyl (C=O) groups is 2. The summed E-state index contributed by atoms with van der Waals surface area (Å²) in [7, 11) is 0. The second-order valence-corrected chi connectivity index (χ2v) is 10.6. The number of rotatable bonds is 6. The lowest BCUT2D eigenvalue weighted by Crippen LogP contribution is -2.50. The van der Waals surface area contributed by atoms with Crippen molar-refractivity contribution in [2.75, 3.05) is 0 Å². The molecule has 2 aromatic rings. The van der Waals surface area contributed by atoms with Crippen molar-refractivity contribution in [1.82, 2.24) is 10.2 Å². The molecule has 2 aliphatic rings. The molecule has 1 aliphatic carbocycles. The van der Waals surface area contributed by atoms with Crippen molar-refractivity contribution in [3.8, 4) is 0 Å². The molecule has 1 aliphatic heterocycles. The van der Waals surface area contributed by atoms with E-state index in [0.717, 1.165) is 29.7 Å². The SMILES string of the molecule is CCC(C)NC(=O)c1ccc(/C=C2/SC3CCCCC3N(Cc3ccc(C)cc3)C2=O)cc1. The third kappa shape index (κ3) is 5.70. The summed E-state index contributed by atoms with van der Waals surface area (Å²) in [6.45, 7) is 6.80. The molecule has 0 bridgehead atoms. The van der Waals surface area contributed by atoms with Crippen molar-refractivity contribution in [2.24, 2.45) is 0 Å². The van der Waals surface area contributed by atoms with E-state index >= 15 is 0 Å². The predicted molar refractivity (Wildman–Crippen MR) is 137 cm³/mol. The molecule has 174 valence electrons. The minimum absolute atomic E-state index is 0.0546. The zero-order chi connectivity index (χ0) is 23.4. The molecular formula is C28H34N2O2S. The van der Waals surface area contributed by atoms with E-state index in [1.165, 1.54) is 24.0 Å². The van der Waals surface area contributed by atoms with Gasteiger partial charge in [0, 0.05) is 29.4 Å². The zero-order valence-corrected chi connectivity index (χ0v) is 20.7. The summed E-state index contributed by atoms with van der Waals surface area (Å²) in [5.74, 6) is 0.0725. The van der Waals surface area contributed by atoms with Gasteiger partial charge >= 0.3 is 0 Å². The molecule has 0 spiro atoms. The van der Waals surface area contributed by atoms with Gasteiger partial charge in [-0.25, -0.2) is 0 Å². The first-order chi connectivity index (χ1) is 15.9. The van der Waals surface area contributed by atoms with Gasteiger partial charge in [-0.1, -0.05) is 61.7 Å². The van der Waals surface area contributed by atoms with Crippen molar-refractivity contribution in [1.29, 1.82) is 0 Å². The minimum Gasteiger partial charge on any atom is -0.350 e. The summed E-state index contributed by atoms with van der Waals surface area (Å²) in [5, 5.41) is 3.45. The monoisotopic (exact) mass is 462 g/mol. The molecule has 3 atom stereocenters. The van der Waals surface area contributed by atoms with Gasteiger partial charge in [-0.3, -0.25) is 9.59 Å². The van der Waals surface area contributed by atoms with Crippen molar-refractivity contribution in [2.45, 2.75) is 76.8 Å². The average Bonchev–Trinajstić information content (AvgIpc) is 2.83. The zero-order valence-electron chi connectivity index (χ0n) is 19.8. The highest BCUT2D eigenvalue weighted by Crippen LogP contribution is 2.42. The second kappa shape index (κ2) is 10.6. The Labute approximate surface area is 201 Å². The summed E-state index contributed by atoms with van der Waals surface area (Å²) < 4.78 is 0. The number of thioether (sulfide) groups is 1. The van der Waals surface area contributed by atoms with Crippen LogP contribution in [0.25, 0.3) is 6.08 Å². The third-order valence-electron chi connectivity index (χ3n) is 6.75. The standard InChI is InChI=1S/C28H34N2O2S/c1-4-20(3)29-27(31)23-15-13-21(14-16-23)17-26-28(32)30(18-22-11-9-19(2)10-12-22)24-7-5-6-8-25(24)33-26/h9-17,20,24-25H,4-8,18H2,1-3H3,(H,29,31)/b26-17+. The van der Waals surface area contributed by atoms with Crippen molar-refractivity contribution in [3.63, 3.8) is 0 Å². The average molecular weight is 463 g/mol. The number of aryl methyl sites for hydroxylation is 1. The van der Waals surface area contributed by atoms with E-state index in [4.69, 9.17) is 0 Å². The molecule has 2 amide bonds. The Balaban J connectivity index is 1.54. The molecule has 0 aromatic heterocycles. The van der Waals surface area contributed by atoms with Crippen LogP contribution in [-0.4, -0.2) is 34.0 Å². The van der Waals surface area contributed by atoms with E-state index in [1.54, 1.807) is 11.8 Å². The lowest BCUT2D eigenvalue weighted by Gasteiger charge is -2.44. The summed E-state index contributed by atoms with van der Waals surface area (Å²) >= 11 is 1.75. The van der Waals surface area contributed by atoms with Gasteiger partial charge in [-0.15, -0.1) is 11.8 Å². The summed E-state index contributed by atoms with van der Waals surface area (Å²) in [6, 6.07) is 16.5. The maximum absolute atomic E-state index is 13.6. The first-order valence-electron chi connectivity index (χ1n) is 12.1. The first-order valence-corrected chi connectivity index (χ1v) is 13.0. The van der Waals surface area contributed by atoms with Crippen LogP contribution in [0.3, 0.4) is 0 Å². The van der Waals surface area contributed by atoms with Gasteiger partial charge in [0.25, 0.3) is 11.8 Å². The molecule has 5 heteroatoms. The fourth-order valence-electron chi connectivity index (χ4n) is 4.54. The smallest absolute Gasteiger partial charge is 0.260 e. The molecule has 1 saturated carbocycles. The van der Waals surface area contributed by atoms with Gasteiger partial charge < -0.3 is 10.2 Å². The minimum atomic E-state index is -0.0546. The van der Waals surface area contributed by atoms with Crippen LogP contribution in [-0.2, 0) is 11.3 Å². The molecule has 1 heterocycles. The van der Waals surface area contributed by atoms with Crippen molar-refractivity contribution in [3.05, 3.63) is 75.7 Å². The molecule has 1 N–H and O–H groups in total. The fourth-order valence-corrected chi connectivity index (χ4v) is 6.02. The van der Waals surface area contributed by atoms with Gasteiger partial charge in [0.05, 0.1) is 4.91 Å². The van der Waals surface area contributed by atoms with Crippen LogP contribution in [0.5, 0.6) is 0 Å². The maximum atomic E-state index is 13.6. The van der Waals surface area contributed by atoms with Crippen molar-refractivity contribution >= 4 is 29.7 Å². The maximum Gasteiger partial charge on any atom is 0.260 e. The summed E-state index contributed by atoms with van der Waals surface area (Å²) in [6.07, 6.45) is 7.56. The fraction of sp³-hybridized carbons (Fsp3) is 0.429. The first kappa shape index (κ1) is 23.6. The Bertz CT molecular complexity index is 1010. The molecule has 2 aromatic carbocycles. The number of hydrogen-bond acceptors (Lipinski definition) is 3. The Hall–Kier alpha value is -2.53. The largest absolute Gasteiger partial charge is 0.350 e. The second-order valence-electron chi connectivity index (χ2n) is 9.34. The van der Waals surface area contributed by atoms with E-state index in [9.17, 15) is 9.59 Å². The number of nitrogens with zero attached hydrogens (tertiary/aromatic N) is 1. The highest BCUT2D eigenvalue weighted by atomic mass is 32.2. The molecule has 0 radical (unpaired) electrons.